The van der Waals surface area contributed by atoms with Crippen LogP contribution in [0.1, 0.15) is 29.3 Å². The van der Waals surface area contributed by atoms with Gasteiger partial charge in [-0.3, -0.25) is 9.59 Å². The standard InChI is InChI=1S/C15H18FNO3/c1-9-3-4-12(13(16)6-9)14(18)17-7-10(2)5-11(8-17)15(19)20/h3-4,6,10-11H,5,7-8H2,1-2H3,(H,19,20). The molecule has 1 aromatic carbocycles. The number of rotatable bonds is 2. The van der Waals surface area contributed by atoms with Crippen molar-refractivity contribution in [2.75, 3.05) is 13.1 Å². The van der Waals surface area contributed by atoms with Crippen LogP contribution in [0.2, 0.25) is 0 Å². The van der Waals surface area contributed by atoms with Crippen molar-refractivity contribution in [1.29, 1.82) is 0 Å². The number of carbonyl (C=O) groups excluding carboxylic acids is 1. The Hall–Kier alpha value is -1.91. The molecule has 4 nitrogen and oxygen atoms in total. The number of piperidine rings is 1. The largest absolute Gasteiger partial charge is 0.481 e. The van der Waals surface area contributed by atoms with Crippen molar-refractivity contribution in [3.8, 4) is 0 Å². The summed E-state index contributed by atoms with van der Waals surface area (Å²) in [4.78, 5) is 24.9. The molecule has 1 aromatic rings. The van der Waals surface area contributed by atoms with Gasteiger partial charge in [-0.15, -0.1) is 0 Å². The van der Waals surface area contributed by atoms with Gasteiger partial charge < -0.3 is 10.0 Å². The molecule has 1 fully saturated rings. The molecule has 1 amide bonds. The SMILES string of the molecule is Cc1ccc(C(=O)N2CC(C)CC(C(=O)O)C2)c(F)c1. The third kappa shape index (κ3) is 2.98. The molecule has 2 unspecified atom stereocenters. The molecule has 0 spiro atoms. The fraction of sp³-hybridized carbons (Fsp3) is 0.467. The van der Waals surface area contributed by atoms with Gasteiger partial charge in [-0.1, -0.05) is 13.0 Å². The molecular weight excluding hydrogens is 261 g/mol. The highest BCUT2D eigenvalue weighted by Gasteiger charge is 2.32. The molecule has 0 aliphatic carbocycles. The zero-order valence-electron chi connectivity index (χ0n) is 11.6. The lowest BCUT2D eigenvalue weighted by Gasteiger charge is -2.34. The lowest BCUT2D eigenvalue weighted by atomic mass is 9.90. The molecule has 1 heterocycles. The predicted molar refractivity (Wildman–Crippen MR) is 71.9 cm³/mol. The van der Waals surface area contributed by atoms with Crippen LogP contribution < -0.4 is 0 Å². The molecule has 108 valence electrons. The van der Waals surface area contributed by atoms with Crippen molar-refractivity contribution in [1.82, 2.24) is 4.90 Å². The average Bonchev–Trinajstić information content (AvgIpc) is 2.37. The van der Waals surface area contributed by atoms with E-state index in [1.165, 1.54) is 17.0 Å². The number of carbonyl (C=O) groups is 2. The maximum atomic E-state index is 13.8. The van der Waals surface area contributed by atoms with Crippen LogP contribution in [0, 0.1) is 24.6 Å². The number of hydrogen-bond donors (Lipinski definition) is 1. The molecule has 5 heteroatoms. The summed E-state index contributed by atoms with van der Waals surface area (Å²) in [6.45, 7) is 4.27. The molecule has 0 radical (unpaired) electrons. The van der Waals surface area contributed by atoms with Gasteiger partial charge in [-0.25, -0.2) is 4.39 Å². The second-order valence-corrected chi connectivity index (χ2v) is 5.57. The Balaban J connectivity index is 2.21. The Morgan fingerprint density at radius 2 is 2.05 bits per heavy atom. The summed E-state index contributed by atoms with van der Waals surface area (Å²) in [5, 5.41) is 9.11. The molecule has 2 atom stereocenters. The maximum absolute atomic E-state index is 13.8. The number of nitrogens with zero attached hydrogens (tertiary/aromatic N) is 1. The van der Waals surface area contributed by atoms with Crippen LogP contribution in [0.5, 0.6) is 0 Å². The van der Waals surface area contributed by atoms with Gasteiger partial charge in [-0.2, -0.15) is 0 Å². The number of halogens is 1. The molecule has 1 saturated heterocycles. The molecule has 0 aromatic heterocycles. The van der Waals surface area contributed by atoms with Gasteiger partial charge in [0.1, 0.15) is 5.82 Å². The summed E-state index contributed by atoms with van der Waals surface area (Å²) in [7, 11) is 0. The third-order valence-corrected chi connectivity index (χ3v) is 3.65. The van der Waals surface area contributed by atoms with Crippen LogP contribution in [0.4, 0.5) is 4.39 Å². The van der Waals surface area contributed by atoms with Crippen molar-refractivity contribution < 1.29 is 19.1 Å². The molecule has 20 heavy (non-hydrogen) atoms. The van der Waals surface area contributed by atoms with Crippen LogP contribution in [0.15, 0.2) is 18.2 Å². The monoisotopic (exact) mass is 279 g/mol. The van der Waals surface area contributed by atoms with Gasteiger partial charge in [0.15, 0.2) is 0 Å². The zero-order valence-corrected chi connectivity index (χ0v) is 11.6. The Morgan fingerprint density at radius 1 is 1.35 bits per heavy atom. The zero-order chi connectivity index (χ0) is 14.9. The topological polar surface area (TPSA) is 57.6 Å². The van der Waals surface area contributed by atoms with Crippen molar-refractivity contribution >= 4 is 11.9 Å². The number of amides is 1. The van der Waals surface area contributed by atoms with Gasteiger partial charge in [0.2, 0.25) is 0 Å². The number of carboxylic acids is 1. The van der Waals surface area contributed by atoms with E-state index < -0.39 is 23.6 Å². The van der Waals surface area contributed by atoms with Gasteiger partial charge in [-0.05, 0) is 37.0 Å². The molecule has 0 saturated carbocycles. The van der Waals surface area contributed by atoms with E-state index in [4.69, 9.17) is 5.11 Å². The van der Waals surface area contributed by atoms with Crippen molar-refractivity contribution in [3.63, 3.8) is 0 Å². The number of aryl methyl sites for hydroxylation is 1. The summed E-state index contributed by atoms with van der Waals surface area (Å²) in [5.41, 5.74) is 0.753. The lowest BCUT2D eigenvalue weighted by Crippen LogP contribution is -2.45. The minimum Gasteiger partial charge on any atom is -0.481 e. The second kappa shape index (κ2) is 5.61. The van der Waals surface area contributed by atoms with Crippen molar-refractivity contribution in [2.24, 2.45) is 11.8 Å². The number of aliphatic carboxylic acids is 1. The molecule has 1 aliphatic rings. The van der Waals surface area contributed by atoms with E-state index in [-0.39, 0.29) is 18.0 Å². The van der Waals surface area contributed by atoms with Gasteiger partial charge >= 0.3 is 5.97 Å². The first kappa shape index (κ1) is 14.5. The molecule has 2 rings (SSSR count). The fourth-order valence-corrected chi connectivity index (χ4v) is 2.66. The number of likely N-dealkylation sites (tertiary alicyclic amines) is 1. The normalized spacial score (nSPS) is 22.6. The van der Waals surface area contributed by atoms with E-state index in [0.717, 1.165) is 5.56 Å². The molecule has 1 aliphatic heterocycles. The smallest absolute Gasteiger partial charge is 0.308 e. The maximum Gasteiger partial charge on any atom is 0.308 e. The van der Waals surface area contributed by atoms with Crippen LogP contribution in [0.25, 0.3) is 0 Å². The summed E-state index contributed by atoms with van der Waals surface area (Å²) < 4.78 is 13.8. The first-order valence-corrected chi connectivity index (χ1v) is 6.66. The highest BCUT2D eigenvalue weighted by atomic mass is 19.1. The van der Waals surface area contributed by atoms with E-state index in [0.29, 0.717) is 13.0 Å². The molecule has 1 N–H and O–H groups in total. The van der Waals surface area contributed by atoms with Gasteiger partial charge in [0, 0.05) is 13.1 Å². The highest BCUT2D eigenvalue weighted by Crippen LogP contribution is 2.24. The van der Waals surface area contributed by atoms with E-state index in [1.807, 2.05) is 6.92 Å². The van der Waals surface area contributed by atoms with Gasteiger partial charge in [0.05, 0.1) is 11.5 Å². The Morgan fingerprint density at radius 3 is 2.65 bits per heavy atom. The van der Waals surface area contributed by atoms with E-state index in [9.17, 15) is 14.0 Å². The summed E-state index contributed by atoms with van der Waals surface area (Å²) in [6, 6.07) is 4.45. The Bertz CT molecular complexity index is 544. The van der Waals surface area contributed by atoms with Crippen LogP contribution in [0.3, 0.4) is 0 Å². The van der Waals surface area contributed by atoms with E-state index in [2.05, 4.69) is 0 Å². The number of benzene rings is 1. The number of hydrogen-bond acceptors (Lipinski definition) is 2. The Labute approximate surface area is 117 Å². The average molecular weight is 279 g/mol. The highest BCUT2D eigenvalue weighted by molar-refractivity contribution is 5.95. The second-order valence-electron chi connectivity index (χ2n) is 5.57. The van der Waals surface area contributed by atoms with Gasteiger partial charge in [0.25, 0.3) is 5.91 Å². The summed E-state index contributed by atoms with van der Waals surface area (Å²) >= 11 is 0. The quantitative estimate of drug-likeness (QED) is 0.903. The molecular formula is C15H18FNO3. The number of carboxylic acid groups (broad SMARTS) is 1. The van der Waals surface area contributed by atoms with E-state index in [1.54, 1.807) is 13.0 Å². The fourth-order valence-electron chi connectivity index (χ4n) is 2.66. The summed E-state index contributed by atoms with van der Waals surface area (Å²) in [6.07, 6.45) is 0.551. The Kier molecular flexibility index (Phi) is 4.06. The van der Waals surface area contributed by atoms with E-state index >= 15 is 0 Å². The first-order valence-electron chi connectivity index (χ1n) is 6.66. The first-order chi connectivity index (χ1) is 9.38. The lowest BCUT2D eigenvalue weighted by molar-refractivity contribution is -0.143. The van der Waals surface area contributed by atoms with Crippen LogP contribution in [-0.4, -0.2) is 35.0 Å². The van der Waals surface area contributed by atoms with Crippen LogP contribution >= 0.6 is 0 Å². The minimum absolute atomic E-state index is 0.00818. The predicted octanol–water partition coefficient (Wildman–Crippen LogP) is 2.32. The molecule has 0 bridgehead atoms. The van der Waals surface area contributed by atoms with Crippen LogP contribution in [-0.2, 0) is 4.79 Å². The van der Waals surface area contributed by atoms with Crippen molar-refractivity contribution in [3.05, 3.63) is 35.1 Å². The third-order valence-electron chi connectivity index (χ3n) is 3.65. The summed E-state index contributed by atoms with van der Waals surface area (Å²) in [5.74, 6) is -2.36. The minimum atomic E-state index is -0.904. The van der Waals surface area contributed by atoms with Crippen molar-refractivity contribution in [2.45, 2.75) is 20.3 Å².